The lowest BCUT2D eigenvalue weighted by Crippen LogP contribution is -2.10. The van der Waals surface area contributed by atoms with Gasteiger partial charge in [-0.15, -0.1) is 11.3 Å². The van der Waals surface area contributed by atoms with Gasteiger partial charge in [0.2, 0.25) is 0 Å². The summed E-state index contributed by atoms with van der Waals surface area (Å²) in [6.07, 6.45) is -3.33. The van der Waals surface area contributed by atoms with Crippen LogP contribution in [0.3, 0.4) is 0 Å². The summed E-state index contributed by atoms with van der Waals surface area (Å²) in [6, 6.07) is 2.47. The molecule has 8 heteroatoms. The third-order valence-corrected chi connectivity index (χ3v) is 3.45. The van der Waals surface area contributed by atoms with E-state index in [4.69, 9.17) is 9.57 Å². The van der Waals surface area contributed by atoms with Crippen LogP contribution in [0.1, 0.15) is 22.5 Å². The highest BCUT2D eigenvalue weighted by atomic mass is 32.1. The van der Waals surface area contributed by atoms with E-state index >= 15 is 0 Å². The van der Waals surface area contributed by atoms with E-state index in [-0.39, 0.29) is 12.3 Å². The molecule has 2 rings (SSSR count). The fraction of sp³-hybridized carbons (Fsp3) is 0.286. The van der Waals surface area contributed by atoms with Crippen LogP contribution in [-0.2, 0) is 17.6 Å². The summed E-state index contributed by atoms with van der Waals surface area (Å²) in [6.45, 7) is 1.73. The highest BCUT2D eigenvalue weighted by Gasteiger charge is 2.32. The van der Waals surface area contributed by atoms with Crippen LogP contribution < -0.4 is 4.74 Å². The Kier molecular flexibility index (Phi) is 5.02. The molecule has 0 fully saturated rings. The summed E-state index contributed by atoms with van der Waals surface area (Å²) in [5, 5.41) is 7.32. The molecule has 0 aliphatic rings. The zero-order chi connectivity index (χ0) is 16.2. The number of rotatable bonds is 5. The zero-order valence-corrected chi connectivity index (χ0v) is 12.7. The summed E-state index contributed by atoms with van der Waals surface area (Å²) in [5.74, 6) is 0.688. The number of hydrogen-bond acceptors (Lipinski definition) is 5. The lowest BCUT2D eigenvalue weighted by Gasteiger charge is -2.07. The molecule has 0 aliphatic heterocycles. The third-order valence-electron chi connectivity index (χ3n) is 2.68. The van der Waals surface area contributed by atoms with Crippen molar-refractivity contribution < 1.29 is 22.7 Å². The maximum absolute atomic E-state index is 12.7. The fourth-order valence-electron chi connectivity index (χ4n) is 1.70. The molecule has 2 aromatic rings. The molecule has 0 atom stereocenters. The van der Waals surface area contributed by atoms with E-state index in [2.05, 4.69) is 10.1 Å². The Morgan fingerprint density at radius 3 is 2.77 bits per heavy atom. The van der Waals surface area contributed by atoms with Crippen LogP contribution >= 0.6 is 11.3 Å². The molecule has 2 aromatic heterocycles. The highest BCUT2D eigenvalue weighted by Crippen LogP contribution is 2.28. The number of aromatic nitrogens is 1. The minimum absolute atomic E-state index is 0.0876. The van der Waals surface area contributed by atoms with Crippen LogP contribution in [-0.4, -0.2) is 18.3 Å². The van der Waals surface area contributed by atoms with Crippen molar-refractivity contribution in [3.63, 3.8) is 0 Å². The Morgan fingerprint density at radius 2 is 2.09 bits per heavy atom. The van der Waals surface area contributed by atoms with Crippen molar-refractivity contribution in [1.29, 1.82) is 0 Å². The number of nitrogens with zero attached hydrogens (tertiary/aromatic N) is 2. The van der Waals surface area contributed by atoms with Crippen LogP contribution in [0.25, 0.3) is 0 Å². The average molecular weight is 330 g/mol. The van der Waals surface area contributed by atoms with Gasteiger partial charge in [-0.3, -0.25) is 0 Å². The van der Waals surface area contributed by atoms with E-state index in [1.807, 2.05) is 10.8 Å². The van der Waals surface area contributed by atoms with Gasteiger partial charge < -0.3 is 9.57 Å². The van der Waals surface area contributed by atoms with Crippen LogP contribution in [0.4, 0.5) is 13.2 Å². The van der Waals surface area contributed by atoms with Gasteiger partial charge in [0.25, 0.3) is 0 Å². The quantitative estimate of drug-likeness (QED) is 0.614. The molecule has 0 spiro atoms. The summed E-state index contributed by atoms with van der Waals surface area (Å²) >= 11 is 1.46. The molecule has 2 heterocycles. The fourth-order valence-corrected chi connectivity index (χ4v) is 2.49. The van der Waals surface area contributed by atoms with Crippen molar-refractivity contribution in [2.24, 2.45) is 5.16 Å². The molecule has 0 amide bonds. The molecular weight excluding hydrogens is 317 g/mol. The Hall–Kier alpha value is -2.09. The smallest absolute Gasteiger partial charge is 0.433 e. The minimum Gasteiger partial charge on any atom is -0.495 e. The number of oxime groups is 1. The third kappa shape index (κ3) is 4.20. The Morgan fingerprint density at radius 1 is 1.32 bits per heavy atom. The summed E-state index contributed by atoms with van der Waals surface area (Å²) in [7, 11) is 1.55. The number of methoxy groups -OCH3 is 1. The molecule has 0 aromatic carbocycles. The van der Waals surface area contributed by atoms with Crippen molar-refractivity contribution in [2.45, 2.75) is 19.7 Å². The van der Waals surface area contributed by atoms with Gasteiger partial charge >= 0.3 is 6.18 Å². The van der Waals surface area contributed by atoms with Gasteiger partial charge in [-0.2, -0.15) is 13.2 Å². The van der Waals surface area contributed by atoms with Gasteiger partial charge in [0, 0.05) is 16.3 Å². The van der Waals surface area contributed by atoms with Gasteiger partial charge in [-0.1, -0.05) is 5.16 Å². The van der Waals surface area contributed by atoms with Gasteiger partial charge in [0.05, 0.1) is 19.0 Å². The van der Waals surface area contributed by atoms with E-state index in [1.54, 1.807) is 14.0 Å². The number of ether oxygens (including phenoxy) is 1. The second kappa shape index (κ2) is 6.78. The largest absolute Gasteiger partial charge is 0.495 e. The SMILES string of the molecule is COc1cscc1CO/N=C/c1cc(C)cc(C(F)(F)F)n1. The molecule has 0 N–H and O–H groups in total. The molecule has 0 bridgehead atoms. The normalized spacial score (nSPS) is 11.9. The predicted octanol–water partition coefficient (Wildman–Crippen LogP) is 4.03. The zero-order valence-electron chi connectivity index (χ0n) is 11.8. The first-order valence-corrected chi connectivity index (χ1v) is 7.14. The van der Waals surface area contributed by atoms with Crippen LogP contribution in [0.5, 0.6) is 5.75 Å². The Labute approximate surface area is 129 Å². The second-order valence-corrected chi connectivity index (χ2v) is 5.17. The van der Waals surface area contributed by atoms with E-state index in [0.717, 1.165) is 17.8 Å². The Bertz CT molecular complexity index is 668. The monoisotopic (exact) mass is 330 g/mol. The maximum atomic E-state index is 12.7. The summed E-state index contributed by atoms with van der Waals surface area (Å²) < 4.78 is 43.1. The van der Waals surface area contributed by atoms with Crippen molar-refractivity contribution in [1.82, 2.24) is 4.98 Å². The van der Waals surface area contributed by atoms with E-state index in [9.17, 15) is 13.2 Å². The van der Waals surface area contributed by atoms with Gasteiger partial charge in [0.15, 0.2) is 0 Å². The van der Waals surface area contributed by atoms with Gasteiger partial charge in [-0.05, 0) is 24.6 Å². The van der Waals surface area contributed by atoms with Crippen LogP contribution in [0, 0.1) is 6.92 Å². The topological polar surface area (TPSA) is 43.7 Å². The molecule has 0 saturated carbocycles. The van der Waals surface area contributed by atoms with Gasteiger partial charge in [0.1, 0.15) is 18.1 Å². The summed E-state index contributed by atoms with van der Waals surface area (Å²) in [4.78, 5) is 8.56. The van der Waals surface area contributed by atoms with Crippen LogP contribution in [0.2, 0.25) is 0 Å². The number of hydrogen-bond donors (Lipinski definition) is 0. The van der Waals surface area contributed by atoms with E-state index in [1.165, 1.54) is 17.4 Å². The first-order chi connectivity index (χ1) is 10.4. The van der Waals surface area contributed by atoms with E-state index < -0.39 is 11.9 Å². The standard InChI is InChI=1S/C14H13F3N2O2S/c1-9-3-11(19-13(4-9)14(15,16)17)5-18-21-6-10-7-22-8-12(10)20-2/h3-5,7-8H,6H2,1-2H3/b18-5+. The molecule has 0 radical (unpaired) electrons. The highest BCUT2D eigenvalue weighted by molar-refractivity contribution is 7.08. The molecule has 0 aliphatic carbocycles. The number of pyridine rings is 1. The van der Waals surface area contributed by atoms with Gasteiger partial charge in [-0.25, -0.2) is 4.98 Å². The van der Waals surface area contributed by atoms with E-state index in [0.29, 0.717) is 11.3 Å². The number of halogens is 3. The maximum Gasteiger partial charge on any atom is 0.433 e. The number of alkyl halides is 3. The second-order valence-electron chi connectivity index (χ2n) is 4.43. The molecule has 4 nitrogen and oxygen atoms in total. The number of thiophene rings is 1. The lowest BCUT2D eigenvalue weighted by molar-refractivity contribution is -0.141. The molecule has 118 valence electrons. The Balaban J connectivity index is 2.03. The summed E-state index contributed by atoms with van der Waals surface area (Å²) in [5.41, 5.74) is 0.402. The molecule has 0 saturated heterocycles. The van der Waals surface area contributed by atoms with Crippen molar-refractivity contribution in [3.8, 4) is 5.75 Å². The first kappa shape index (κ1) is 16.3. The predicted molar refractivity (Wildman–Crippen MR) is 77.2 cm³/mol. The lowest BCUT2D eigenvalue weighted by atomic mass is 10.2. The van der Waals surface area contributed by atoms with Crippen LogP contribution in [0.15, 0.2) is 28.0 Å². The molecular formula is C14H13F3N2O2S. The van der Waals surface area contributed by atoms with Crippen molar-refractivity contribution in [2.75, 3.05) is 7.11 Å². The first-order valence-electron chi connectivity index (χ1n) is 6.20. The molecule has 22 heavy (non-hydrogen) atoms. The molecule has 0 unspecified atom stereocenters. The van der Waals surface area contributed by atoms with Crippen molar-refractivity contribution >= 4 is 17.6 Å². The number of aryl methyl sites for hydroxylation is 1. The van der Waals surface area contributed by atoms with Crippen molar-refractivity contribution in [3.05, 3.63) is 45.4 Å². The average Bonchev–Trinajstić information content (AvgIpc) is 2.89. The minimum atomic E-state index is -4.49.